The van der Waals surface area contributed by atoms with E-state index in [0.29, 0.717) is 0 Å². The largest absolute Gasteiger partial charge is 0.374 e. The Morgan fingerprint density at radius 3 is 2.19 bits per heavy atom. The summed E-state index contributed by atoms with van der Waals surface area (Å²) in [6, 6.07) is 2.53. The van der Waals surface area contributed by atoms with Gasteiger partial charge in [-0.1, -0.05) is 0 Å². The fourth-order valence-corrected chi connectivity index (χ4v) is 1.34. The molecule has 1 aromatic rings. The number of nitrogens with one attached hydrogen (secondary N) is 1. The summed E-state index contributed by atoms with van der Waals surface area (Å²) in [4.78, 5) is 12.9. The van der Waals surface area contributed by atoms with Crippen LogP contribution in [0.25, 0.3) is 0 Å². The van der Waals surface area contributed by atoms with Crippen molar-refractivity contribution >= 4 is 11.6 Å². The molecule has 1 amide bonds. The fraction of sp³-hybridized carbons (Fsp3) is 0.364. The Labute approximate surface area is 93.1 Å². The van der Waals surface area contributed by atoms with Gasteiger partial charge >= 0.3 is 0 Å². The number of rotatable bonds is 3. The van der Waals surface area contributed by atoms with E-state index >= 15 is 0 Å². The number of hydrogen-bond acceptors (Lipinski definition) is 2. The van der Waals surface area contributed by atoms with Crippen LogP contribution in [-0.4, -0.2) is 30.9 Å². The summed E-state index contributed by atoms with van der Waals surface area (Å²) in [5, 5.41) is 2.73. The second kappa shape index (κ2) is 4.92. The van der Waals surface area contributed by atoms with Gasteiger partial charge in [-0.2, -0.15) is 0 Å². The number of hydrogen-bond donors (Lipinski definition) is 1. The van der Waals surface area contributed by atoms with Gasteiger partial charge in [0, 0.05) is 25.8 Å². The average molecular weight is 228 g/mol. The predicted octanol–water partition coefficient (Wildman–Crippen LogP) is 1.85. The number of benzene rings is 1. The maximum absolute atomic E-state index is 12.9. The van der Waals surface area contributed by atoms with Crippen LogP contribution in [0, 0.1) is 11.6 Å². The van der Waals surface area contributed by atoms with Gasteiger partial charge in [0.25, 0.3) is 0 Å². The smallest absolute Gasteiger partial charge is 0.244 e. The molecule has 0 saturated carbocycles. The Bertz CT molecular complexity index is 373. The molecule has 0 aromatic heterocycles. The number of halogens is 2. The zero-order valence-electron chi connectivity index (χ0n) is 9.42. The number of carbonyl (C=O) groups is 1. The summed E-state index contributed by atoms with van der Waals surface area (Å²) >= 11 is 0. The lowest BCUT2D eigenvalue weighted by Crippen LogP contribution is -2.36. The summed E-state index contributed by atoms with van der Waals surface area (Å²) in [5.74, 6) is -1.51. The van der Waals surface area contributed by atoms with E-state index in [1.54, 1.807) is 21.0 Å². The summed E-state index contributed by atoms with van der Waals surface area (Å²) < 4.78 is 25.7. The summed E-state index contributed by atoms with van der Waals surface area (Å²) in [6.45, 7) is 1.63. The Morgan fingerprint density at radius 1 is 1.25 bits per heavy atom. The quantitative estimate of drug-likeness (QED) is 0.856. The summed E-state index contributed by atoms with van der Waals surface area (Å²) in [5.41, 5.74) is 0.250. The lowest BCUT2D eigenvalue weighted by atomic mass is 10.2. The third kappa shape index (κ3) is 3.18. The maximum Gasteiger partial charge on any atom is 0.244 e. The molecule has 1 rings (SSSR count). The van der Waals surface area contributed by atoms with Gasteiger partial charge in [0.1, 0.15) is 17.7 Å². The lowest BCUT2D eigenvalue weighted by Gasteiger charge is -2.18. The molecule has 0 aliphatic rings. The van der Waals surface area contributed by atoms with E-state index in [4.69, 9.17) is 0 Å². The van der Waals surface area contributed by atoms with Crippen LogP contribution >= 0.6 is 0 Å². The van der Waals surface area contributed by atoms with Gasteiger partial charge in [-0.15, -0.1) is 0 Å². The highest BCUT2D eigenvalue weighted by Gasteiger charge is 2.14. The summed E-state index contributed by atoms with van der Waals surface area (Å²) in [7, 11) is 3.24. The highest BCUT2D eigenvalue weighted by Crippen LogP contribution is 2.14. The van der Waals surface area contributed by atoms with Crippen LogP contribution in [0.4, 0.5) is 14.5 Å². The molecule has 1 N–H and O–H groups in total. The summed E-state index contributed by atoms with van der Waals surface area (Å²) in [6.07, 6.45) is 0. The Kier molecular flexibility index (Phi) is 3.82. The molecule has 0 aliphatic heterocycles. The van der Waals surface area contributed by atoms with Gasteiger partial charge in [0.2, 0.25) is 5.91 Å². The Balaban J connectivity index is 2.76. The van der Waals surface area contributed by atoms with E-state index < -0.39 is 17.7 Å². The zero-order chi connectivity index (χ0) is 12.3. The fourth-order valence-electron chi connectivity index (χ4n) is 1.34. The molecule has 5 heteroatoms. The third-order valence-corrected chi connectivity index (χ3v) is 2.06. The van der Waals surface area contributed by atoms with Crippen molar-refractivity contribution in [2.24, 2.45) is 0 Å². The predicted molar refractivity (Wildman–Crippen MR) is 58.1 cm³/mol. The Morgan fingerprint density at radius 2 is 1.75 bits per heavy atom. The second-order valence-corrected chi connectivity index (χ2v) is 3.76. The van der Waals surface area contributed by atoms with Crippen LogP contribution in [0.2, 0.25) is 0 Å². The molecule has 3 nitrogen and oxygen atoms in total. The van der Waals surface area contributed by atoms with E-state index in [9.17, 15) is 13.6 Å². The van der Waals surface area contributed by atoms with Gasteiger partial charge in [-0.3, -0.25) is 4.79 Å². The molecule has 0 saturated heterocycles. The van der Waals surface area contributed by atoms with E-state index in [1.807, 2.05) is 0 Å². The molecule has 0 aliphatic carbocycles. The first kappa shape index (κ1) is 12.4. The second-order valence-electron chi connectivity index (χ2n) is 3.76. The molecule has 1 aromatic carbocycles. The SMILES string of the molecule is CC(Nc1cc(F)cc(F)c1)C(=O)N(C)C. The van der Waals surface area contributed by atoms with Crippen molar-refractivity contribution in [3.63, 3.8) is 0 Å². The van der Waals surface area contributed by atoms with Crippen molar-refractivity contribution < 1.29 is 13.6 Å². The molecule has 0 radical (unpaired) electrons. The number of nitrogens with zero attached hydrogens (tertiary/aromatic N) is 1. The monoisotopic (exact) mass is 228 g/mol. The first-order chi connectivity index (χ1) is 7.40. The highest BCUT2D eigenvalue weighted by atomic mass is 19.1. The molecule has 0 fully saturated rings. The van der Waals surface area contributed by atoms with Crippen LogP contribution in [0.15, 0.2) is 18.2 Å². The minimum atomic E-state index is -0.674. The third-order valence-electron chi connectivity index (χ3n) is 2.06. The first-order valence-electron chi connectivity index (χ1n) is 4.84. The van der Waals surface area contributed by atoms with Crippen molar-refractivity contribution in [1.82, 2.24) is 4.90 Å². The van der Waals surface area contributed by atoms with E-state index in [-0.39, 0.29) is 11.6 Å². The molecule has 88 valence electrons. The van der Waals surface area contributed by atoms with Crippen LogP contribution in [0.3, 0.4) is 0 Å². The molecular weight excluding hydrogens is 214 g/mol. The molecule has 16 heavy (non-hydrogen) atoms. The van der Waals surface area contributed by atoms with E-state index in [2.05, 4.69) is 5.32 Å². The highest BCUT2D eigenvalue weighted by molar-refractivity contribution is 5.83. The van der Waals surface area contributed by atoms with Gasteiger partial charge in [-0.25, -0.2) is 8.78 Å². The number of amides is 1. The zero-order valence-corrected chi connectivity index (χ0v) is 9.42. The molecule has 0 bridgehead atoms. The molecular formula is C11H14F2N2O. The number of likely N-dealkylation sites (N-methyl/N-ethyl adjacent to an activating group) is 1. The van der Waals surface area contributed by atoms with Crippen LogP contribution in [0.1, 0.15) is 6.92 Å². The van der Waals surface area contributed by atoms with Crippen molar-refractivity contribution in [3.8, 4) is 0 Å². The van der Waals surface area contributed by atoms with Gasteiger partial charge in [0.05, 0.1) is 0 Å². The standard InChI is InChI=1S/C11H14F2N2O/c1-7(11(16)15(2)3)14-10-5-8(12)4-9(13)6-10/h4-7,14H,1-3H3. The van der Waals surface area contributed by atoms with Crippen molar-refractivity contribution in [3.05, 3.63) is 29.8 Å². The maximum atomic E-state index is 12.9. The first-order valence-corrected chi connectivity index (χ1v) is 4.84. The van der Waals surface area contributed by atoms with Crippen molar-refractivity contribution in [2.75, 3.05) is 19.4 Å². The normalized spacial score (nSPS) is 12.1. The number of anilines is 1. The molecule has 0 heterocycles. The van der Waals surface area contributed by atoms with Gasteiger partial charge in [-0.05, 0) is 19.1 Å². The van der Waals surface area contributed by atoms with Crippen LogP contribution in [-0.2, 0) is 4.79 Å². The van der Waals surface area contributed by atoms with Crippen molar-refractivity contribution in [2.45, 2.75) is 13.0 Å². The van der Waals surface area contributed by atoms with Gasteiger partial charge in [0.15, 0.2) is 0 Å². The van der Waals surface area contributed by atoms with Crippen LogP contribution < -0.4 is 5.32 Å². The topological polar surface area (TPSA) is 32.3 Å². The molecule has 0 spiro atoms. The molecule has 1 atom stereocenters. The van der Waals surface area contributed by atoms with E-state index in [0.717, 1.165) is 18.2 Å². The Hall–Kier alpha value is -1.65. The van der Waals surface area contributed by atoms with Gasteiger partial charge < -0.3 is 10.2 Å². The lowest BCUT2D eigenvalue weighted by molar-refractivity contribution is -0.129. The molecule has 1 unspecified atom stereocenters. The average Bonchev–Trinajstić information content (AvgIpc) is 2.14. The minimum absolute atomic E-state index is 0.162. The van der Waals surface area contributed by atoms with E-state index in [1.165, 1.54) is 4.90 Å². The number of carbonyl (C=O) groups excluding carboxylic acids is 1. The van der Waals surface area contributed by atoms with Crippen molar-refractivity contribution in [1.29, 1.82) is 0 Å². The van der Waals surface area contributed by atoms with Crippen LogP contribution in [0.5, 0.6) is 0 Å². The minimum Gasteiger partial charge on any atom is -0.374 e.